The summed E-state index contributed by atoms with van der Waals surface area (Å²) in [5, 5.41) is 0. The molecule has 0 N–H and O–H groups in total. The maximum atomic E-state index is 13.1. The third kappa shape index (κ3) is 5.66. The molecule has 1 unspecified atom stereocenters. The number of hydrogen-bond acceptors (Lipinski definition) is 5. The molecule has 4 rings (SSSR count). The number of fused-ring (bicyclic) bond motifs is 1. The van der Waals surface area contributed by atoms with E-state index in [9.17, 15) is 19.2 Å². The summed E-state index contributed by atoms with van der Waals surface area (Å²) in [6, 6.07) is 12.7. The van der Waals surface area contributed by atoms with Crippen molar-refractivity contribution in [1.29, 1.82) is 0 Å². The first-order valence-electron chi connectivity index (χ1n) is 13.0. The molecular weight excluding hydrogens is 484 g/mol. The SMILES string of the molecule is CC(C)OC(=O)N1CC(C)N(C(=O)C2CC2)c2ccc(-c3ccc(C(=O)N(C)CC(=O)N(C)C)cc3)cc21. The van der Waals surface area contributed by atoms with Crippen LogP contribution in [0.1, 0.15) is 44.0 Å². The predicted octanol–water partition coefficient (Wildman–Crippen LogP) is 4.01. The standard InChI is InChI=1S/C29H36N4O5/c1-18(2)38-29(37)32-16-19(3)33(28(36)22-11-12-22)24-14-13-23(15-25(24)32)20-7-9-21(10-8-20)27(35)31(6)17-26(34)30(4)5/h7-10,13-15,18-19,22H,11-12,16-17H2,1-6H3. The Balaban J connectivity index is 1.63. The molecule has 2 aromatic carbocycles. The average molecular weight is 521 g/mol. The molecule has 0 saturated heterocycles. The van der Waals surface area contributed by atoms with E-state index in [1.165, 1.54) is 9.80 Å². The third-order valence-corrected chi connectivity index (χ3v) is 6.82. The van der Waals surface area contributed by atoms with Gasteiger partial charge < -0.3 is 19.4 Å². The highest BCUT2D eigenvalue weighted by molar-refractivity contribution is 6.05. The molecule has 9 heteroatoms. The fourth-order valence-corrected chi connectivity index (χ4v) is 4.55. The van der Waals surface area contributed by atoms with Gasteiger partial charge in [0.25, 0.3) is 5.91 Å². The van der Waals surface area contributed by atoms with Crippen molar-refractivity contribution in [2.75, 3.05) is 44.0 Å². The number of ether oxygens (including phenoxy) is 1. The molecule has 1 atom stereocenters. The highest BCUT2D eigenvalue weighted by Gasteiger charge is 2.41. The van der Waals surface area contributed by atoms with Crippen LogP contribution in [0.15, 0.2) is 42.5 Å². The zero-order chi connectivity index (χ0) is 27.7. The van der Waals surface area contributed by atoms with Crippen LogP contribution in [0.5, 0.6) is 0 Å². The zero-order valence-corrected chi connectivity index (χ0v) is 22.9. The minimum Gasteiger partial charge on any atom is -0.446 e. The quantitative estimate of drug-likeness (QED) is 0.574. The lowest BCUT2D eigenvalue weighted by Crippen LogP contribution is -2.52. The molecule has 0 spiro atoms. The van der Waals surface area contributed by atoms with Crippen LogP contribution in [0.4, 0.5) is 16.2 Å². The van der Waals surface area contributed by atoms with Crippen LogP contribution in [-0.2, 0) is 14.3 Å². The van der Waals surface area contributed by atoms with Gasteiger partial charge in [-0.3, -0.25) is 19.3 Å². The normalized spacial score (nSPS) is 16.7. The van der Waals surface area contributed by atoms with Crippen LogP contribution < -0.4 is 9.80 Å². The van der Waals surface area contributed by atoms with E-state index in [2.05, 4.69) is 0 Å². The first kappa shape index (κ1) is 27.2. The van der Waals surface area contributed by atoms with Gasteiger partial charge in [-0.15, -0.1) is 0 Å². The smallest absolute Gasteiger partial charge is 0.414 e. The zero-order valence-electron chi connectivity index (χ0n) is 22.9. The second kappa shape index (κ2) is 10.8. The molecule has 2 aliphatic rings. The number of nitrogens with zero attached hydrogens (tertiary/aromatic N) is 4. The molecule has 1 aliphatic carbocycles. The monoisotopic (exact) mass is 520 g/mol. The molecule has 2 aromatic rings. The average Bonchev–Trinajstić information content (AvgIpc) is 3.72. The molecule has 4 amide bonds. The molecule has 9 nitrogen and oxygen atoms in total. The fraction of sp³-hybridized carbons (Fsp3) is 0.448. The van der Waals surface area contributed by atoms with E-state index in [1.54, 1.807) is 38.2 Å². The molecule has 0 bridgehead atoms. The Morgan fingerprint density at radius 3 is 2.16 bits per heavy atom. The van der Waals surface area contributed by atoms with E-state index in [4.69, 9.17) is 4.74 Å². The summed E-state index contributed by atoms with van der Waals surface area (Å²) in [7, 11) is 4.90. The van der Waals surface area contributed by atoms with Gasteiger partial charge in [0.1, 0.15) is 0 Å². The molecule has 1 saturated carbocycles. The number of likely N-dealkylation sites (N-methyl/N-ethyl adjacent to an activating group) is 2. The first-order chi connectivity index (χ1) is 18.0. The summed E-state index contributed by atoms with van der Waals surface area (Å²) in [5.41, 5.74) is 3.49. The number of carbonyl (C=O) groups is 4. The van der Waals surface area contributed by atoms with Crippen LogP contribution in [0.2, 0.25) is 0 Å². The number of amides is 4. The van der Waals surface area contributed by atoms with Crippen LogP contribution in [-0.4, -0.2) is 80.0 Å². The van der Waals surface area contributed by atoms with Gasteiger partial charge in [0.05, 0.1) is 30.1 Å². The maximum Gasteiger partial charge on any atom is 0.414 e. The van der Waals surface area contributed by atoms with Gasteiger partial charge >= 0.3 is 6.09 Å². The minimum absolute atomic E-state index is 0.00474. The highest BCUT2D eigenvalue weighted by atomic mass is 16.6. The van der Waals surface area contributed by atoms with E-state index >= 15 is 0 Å². The van der Waals surface area contributed by atoms with Gasteiger partial charge in [0, 0.05) is 39.2 Å². The lowest BCUT2D eigenvalue weighted by atomic mass is 9.99. The lowest BCUT2D eigenvalue weighted by molar-refractivity contribution is -0.129. The highest BCUT2D eigenvalue weighted by Crippen LogP contribution is 2.42. The second-order valence-corrected chi connectivity index (χ2v) is 10.6. The van der Waals surface area contributed by atoms with Gasteiger partial charge in [-0.25, -0.2) is 4.79 Å². The van der Waals surface area contributed by atoms with Gasteiger partial charge in [-0.05, 0) is 69.0 Å². The predicted molar refractivity (Wildman–Crippen MR) is 146 cm³/mol. The van der Waals surface area contributed by atoms with Crippen molar-refractivity contribution in [2.45, 2.75) is 45.8 Å². The number of anilines is 2. The third-order valence-electron chi connectivity index (χ3n) is 6.82. The van der Waals surface area contributed by atoms with Gasteiger partial charge in [-0.1, -0.05) is 18.2 Å². The van der Waals surface area contributed by atoms with Crippen molar-refractivity contribution in [3.8, 4) is 11.1 Å². The Morgan fingerprint density at radius 1 is 0.947 bits per heavy atom. The number of benzene rings is 2. The van der Waals surface area contributed by atoms with Crippen molar-refractivity contribution in [2.24, 2.45) is 5.92 Å². The number of carbonyl (C=O) groups excluding carboxylic acids is 4. The minimum atomic E-state index is -0.444. The topological polar surface area (TPSA) is 90.5 Å². The summed E-state index contributed by atoms with van der Waals surface area (Å²) >= 11 is 0. The summed E-state index contributed by atoms with van der Waals surface area (Å²) in [6.45, 7) is 5.90. The van der Waals surface area contributed by atoms with E-state index in [-0.39, 0.29) is 42.3 Å². The molecule has 1 heterocycles. The summed E-state index contributed by atoms with van der Waals surface area (Å²) in [6.07, 6.45) is 1.09. The Labute approximate surface area is 223 Å². The van der Waals surface area contributed by atoms with Crippen LogP contribution in [0.25, 0.3) is 11.1 Å². The molecule has 0 aromatic heterocycles. The summed E-state index contributed by atoms with van der Waals surface area (Å²) in [5.74, 6) is -0.253. The Hall–Kier alpha value is -3.88. The Bertz CT molecular complexity index is 1240. The molecule has 0 radical (unpaired) electrons. The molecule has 1 aliphatic heterocycles. The van der Waals surface area contributed by atoms with Crippen molar-refractivity contribution in [1.82, 2.24) is 9.80 Å². The fourth-order valence-electron chi connectivity index (χ4n) is 4.55. The Morgan fingerprint density at radius 2 is 1.58 bits per heavy atom. The second-order valence-electron chi connectivity index (χ2n) is 10.6. The van der Waals surface area contributed by atoms with Crippen molar-refractivity contribution >= 4 is 35.2 Å². The van der Waals surface area contributed by atoms with E-state index < -0.39 is 6.09 Å². The molecule has 202 valence electrons. The first-order valence-corrected chi connectivity index (χ1v) is 13.0. The number of rotatable bonds is 6. The van der Waals surface area contributed by atoms with Crippen LogP contribution in [0, 0.1) is 5.92 Å². The van der Waals surface area contributed by atoms with Gasteiger partial charge in [0.15, 0.2) is 0 Å². The van der Waals surface area contributed by atoms with Gasteiger partial charge in [0.2, 0.25) is 11.8 Å². The van der Waals surface area contributed by atoms with Crippen molar-refractivity contribution < 1.29 is 23.9 Å². The van der Waals surface area contributed by atoms with Crippen LogP contribution in [0.3, 0.4) is 0 Å². The van der Waals surface area contributed by atoms with Crippen LogP contribution >= 0.6 is 0 Å². The van der Waals surface area contributed by atoms with Crippen molar-refractivity contribution in [3.05, 3.63) is 48.0 Å². The largest absolute Gasteiger partial charge is 0.446 e. The summed E-state index contributed by atoms with van der Waals surface area (Å²) < 4.78 is 5.52. The van der Waals surface area contributed by atoms with Gasteiger partial charge in [-0.2, -0.15) is 0 Å². The summed E-state index contributed by atoms with van der Waals surface area (Å²) in [4.78, 5) is 57.2. The van der Waals surface area contributed by atoms with Crippen molar-refractivity contribution in [3.63, 3.8) is 0 Å². The maximum absolute atomic E-state index is 13.1. The molecule has 38 heavy (non-hydrogen) atoms. The van der Waals surface area contributed by atoms with E-state index in [0.29, 0.717) is 23.5 Å². The van der Waals surface area contributed by atoms with E-state index in [1.807, 2.05) is 56.0 Å². The molecular formula is C29H36N4O5. The Kier molecular flexibility index (Phi) is 7.76. The van der Waals surface area contributed by atoms with E-state index in [0.717, 1.165) is 24.0 Å². The number of hydrogen-bond donors (Lipinski definition) is 0. The lowest BCUT2D eigenvalue weighted by Gasteiger charge is -2.41. The molecule has 1 fully saturated rings.